The number of aromatic nitrogens is 2. The maximum absolute atomic E-state index is 12.9. The molecule has 0 atom stereocenters. The standard InChI is InChI=1S/C14H20N4O2S2.ClH/c1-15-8-5-11-6-9-18(10-7-11)22(19,20)13-4-2-3-12-14(13)17-21-16-12;/h2-4,11,15H,5-10H2,1H3;1H. The first kappa shape index (κ1) is 18.5. The summed E-state index contributed by atoms with van der Waals surface area (Å²) in [5.74, 6) is 0.607. The summed E-state index contributed by atoms with van der Waals surface area (Å²) in [6.45, 7) is 2.16. The van der Waals surface area contributed by atoms with Gasteiger partial charge in [0.25, 0.3) is 0 Å². The molecule has 1 fully saturated rings. The quantitative estimate of drug-likeness (QED) is 0.865. The Morgan fingerprint density at radius 1 is 1.30 bits per heavy atom. The first-order valence-corrected chi connectivity index (χ1v) is 9.66. The highest BCUT2D eigenvalue weighted by Gasteiger charge is 2.31. The van der Waals surface area contributed by atoms with Crippen LogP contribution in [0.25, 0.3) is 11.0 Å². The summed E-state index contributed by atoms with van der Waals surface area (Å²) in [6.07, 6.45) is 2.95. The number of benzene rings is 1. The van der Waals surface area contributed by atoms with Crippen molar-refractivity contribution in [1.29, 1.82) is 0 Å². The van der Waals surface area contributed by atoms with Crippen molar-refractivity contribution in [2.24, 2.45) is 5.92 Å². The molecule has 1 aliphatic heterocycles. The second-order valence-electron chi connectivity index (χ2n) is 5.63. The van der Waals surface area contributed by atoms with Crippen molar-refractivity contribution in [3.05, 3.63) is 18.2 Å². The van der Waals surface area contributed by atoms with Gasteiger partial charge in [-0.1, -0.05) is 6.07 Å². The molecule has 0 unspecified atom stereocenters. The SMILES string of the molecule is CNCCC1CCN(S(=O)(=O)c2cccc3nsnc23)CC1.Cl. The Hall–Kier alpha value is -0.800. The molecule has 0 bridgehead atoms. The van der Waals surface area contributed by atoms with Crippen LogP contribution in [0.3, 0.4) is 0 Å². The molecule has 128 valence electrons. The summed E-state index contributed by atoms with van der Waals surface area (Å²) in [7, 11) is -1.53. The molecule has 6 nitrogen and oxygen atoms in total. The van der Waals surface area contributed by atoms with E-state index in [1.165, 1.54) is 0 Å². The molecule has 0 spiro atoms. The number of piperidine rings is 1. The van der Waals surface area contributed by atoms with E-state index in [2.05, 4.69) is 14.1 Å². The third-order valence-electron chi connectivity index (χ3n) is 4.24. The fraction of sp³-hybridized carbons (Fsp3) is 0.571. The second kappa shape index (κ2) is 7.85. The summed E-state index contributed by atoms with van der Waals surface area (Å²) in [4.78, 5) is 0.285. The number of nitrogens with zero attached hydrogens (tertiary/aromatic N) is 3. The predicted molar refractivity (Wildman–Crippen MR) is 94.7 cm³/mol. The van der Waals surface area contributed by atoms with E-state index >= 15 is 0 Å². The van der Waals surface area contributed by atoms with Crippen LogP contribution in [0.15, 0.2) is 23.1 Å². The van der Waals surface area contributed by atoms with Gasteiger partial charge in [-0.25, -0.2) is 8.42 Å². The summed E-state index contributed by atoms with van der Waals surface area (Å²) in [5, 5.41) is 3.15. The van der Waals surface area contributed by atoms with E-state index in [0.29, 0.717) is 30.0 Å². The Morgan fingerprint density at radius 3 is 2.74 bits per heavy atom. The minimum atomic E-state index is -3.48. The number of hydrogen-bond acceptors (Lipinski definition) is 6. The lowest BCUT2D eigenvalue weighted by molar-refractivity contribution is 0.263. The first-order chi connectivity index (χ1) is 10.6. The largest absolute Gasteiger partial charge is 0.320 e. The molecule has 2 heterocycles. The Labute approximate surface area is 147 Å². The van der Waals surface area contributed by atoms with Crippen LogP contribution in [0.1, 0.15) is 19.3 Å². The maximum atomic E-state index is 12.9. The minimum Gasteiger partial charge on any atom is -0.320 e. The van der Waals surface area contributed by atoms with Crippen molar-refractivity contribution in [3.8, 4) is 0 Å². The third-order valence-corrected chi connectivity index (χ3v) is 6.72. The second-order valence-corrected chi connectivity index (χ2v) is 8.06. The van der Waals surface area contributed by atoms with Crippen molar-refractivity contribution in [3.63, 3.8) is 0 Å². The average molecular weight is 377 g/mol. The van der Waals surface area contributed by atoms with E-state index < -0.39 is 10.0 Å². The number of fused-ring (bicyclic) bond motifs is 1. The zero-order chi connectivity index (χ0) is 15.6. The number of nitrogens with one attached hydrogen (secondary N) is 1. The molecular formula is C14H21ClN4O2S2. The van der Waals surface area contributed by atoms with Crippen LogP contribution in [0.2, 0.25) is 0 Å². The highest BCUT2D eigenvalue weighted by atomic mass is 35.5. The van der Waals surface area contributed by atoms with Crippen LogP contribution in [0.5, 0.6) is 0 Å². The summed E-state index contributed by atoms with van der Waals surface area (Å²) >= 11 is 1.05. The van der Waals surface area contributed by atoms with E-state index in [1.807, 2.05) is 7.05 Å². The number of hydrogen-bond donors (Lipinski definition) is 1. The Morgan fingerprint density at radius 2 is 2.04 bits per heavy atom. The molecule has 1 aliphatic rings. The molecule has 9 heteroatoms. The van der Waals surface area contributed by atoms with Gasteiger partial charge in [-0.15, -0.1) is 12.4 Å². The first-order valence-electron chi connectivity index (χ1n) is 7.49. The smallest absolute Gasteiger partial charge is 0.245 e. The Balaban J connectivity index is 0.00000192. The Kier molecular flexibility index (Phi) is 6.33. The minimum absolute atomic E-state index is 0. The maximum Gasteiger partial charge on any atom is 0.245 e. The number of sulfonamides is 1. The molecule has 0 radical (unpaired) electrons. The predicted octanol–water partition coefficient (Wildman–Crippen LogP) is 2.12. The topological polar surface area (TPSA) is 75.2 Å². The molecule has 23 heavy (non-hydrogen) atoms. The van der Waals surface area contributed by atoms with Crippen LogP contribution >= 0.6 is 24.1 Å². The van der Waals surface area contributed by atoms with Crippen molar-refractivity contribution >= 4 is 45.2 Å². The molecule has 0 saturated carbocycles. The lowest BCUT2D eigenvalue weighted by atomic mass is 9.95. The molecule has 1 N–H and O–H groups in total. The molecular weight excluding hydrogens is 356 g/mol. The highest BCUT2D eigenvalue weighted by Crippen LogP contribution is 2.28. The van der Waals surface area contributed by atoms with Crippen LogP contribution in [-0.4, -0.2) is 48.2 Å². The van der Waals surface area contributed by atoms with Crippen LogP contribution in [-0.2, 0) is 10.0 Å². The van der Waals surface area contributed by atoms with Crippen LogP contribution < -0.4 is 5.32 Å². The molecule has 0 aliphatic carbocycles. The average Bonchev–Trinajstić information content (AvgIpc) is 3.01. The summed E-state index contributed by atoms with van der Waals surface area (Å²) in [6, 6.07) is 5.16. The van der Waals surface area contributed by atoms with Gasteiger partial charge in [-0.05, 0) is 50.9 Å². The molecule has 1 saturated heterocycles. The van der Waals surface area contributed by atoms with E-state index in [4.69, 9.17) is 0 Å². The molecule has 3 rings (SSSR count). The monoisotopic (exact) mass is 376 g/mol. The fourth-order valence-corrected chi connectivity index (χ4v) is 5.14. The van der Waals surface area contributed by atoms with E-state index in [-0.39, 0.29) is 17.3 Å². The van der Waals surface area contributed by atoms with Crippen LogP contribution in [0.4, 0.5) is 0 Å². The Bertz CT molecular complexity index is 742. The molecule has 0 amide bonds. The lowest BCUT2D eigenvalue weighted by Crippen LogP contribution is -2.39. The third kappa shape index (κ3) is 3.83. The van der Waals surface area contributed by atoms with Crippen LogP contribution in [0, 0.1) is 5.92 Å². The van der Waals surface area contributed by atoms with Gasteiger partial charge in [0, 0.05) is 13.1 Å². The van der Waals surface area contributed by atoms with Gasteiger partial charge in [-0.2, -0.15) is 13.1 Å². The van der Waals surface area contributed by atoms with Gasteiger partial charge in [-0.3, -0.25) is 0 Å². The van der Waals surface area contributed by atoms with Gasteiger partial charge in [0.05, 0.1) is 11.7 Å². The molecule has 1 aromatic heterocycles. The number of halogens is 1. The number of rotatable bonds is 5. The van der Waals surface area contributed by atoms with Crippen molar-refractivity contribution < 1.29 is 8.42 Å². The van der Waals surface area contributed by atoms with Gasteiger partial charge in [0.1, 0.15) is 15.9 Å². The zero-order valence-electron chi connectivity index (χ0n) is 12.9. The van der Waals surface area contributed by atoms with E-state index in [0.717, 1.165) is 37.5 Å². The van der Waals surface area contributed by atoms with Gasteiger partial charge in [0.2, 0.25) is 10.0 Å². The van der Waals surface area contributed by atoms with Gasteiger partial charge < -0.3 is 5.32 Å². The van der Waals surface area contributed by atoms with Crippen molar-refractivity contribution in [1.82, 2.24) is 18.4 Å². The van der Waals surface area contributed by atoms with Gasteiger partial charge in [0.15, 0.2) is 0 Å². The fourth-order valence-electron chi connectivity index (χ4n) is 2.92. The van der Waals surface area contributed by atoms with E-state index in [9.17, 15) is 8.42 Å². The van der Waals surface area contributed by atoms with Crippen molar-refractivity contribution in [2.75, 3.05) is 26.7 Å². The van der Waals surface area contributed by atoms with Crippen molar-refractivity contribution in [2.45, 2.75) is 24.2 Å². The summed E-state index contributed by atoms with van der Waals surface area (Å²) < 4.78 is 35.6. The van der Waals surface area contributed by atoms with E-state index in [1.54, 1.807) is 22.5 Å². The normalized spacial score (nSPS) is 17.3. The van der Waals surface area contributed by atoms with Gasteiger partial charge >= 0.3 is 0 Å². The zero-order valence-corrected chi connectivity index (χ0v) is 15.4. The lowest BCUT2D eigenvalue weighted by Gasteiger charge is -2.31. The molecule has 2 aromatic rings. The summed E-state index contributed by atoms with van der Waals surface area (Å²) in [5.41, 5.74) is 1.14. The molecule has 1 aromatic carbocycles. The highest BCUT2D eigenvalue weighted by molar-refractivity contribution is 7.89.